The molecular weight excluding hydrogens is 318 g/mol. The van der Waals surface area contributed by atoms with Gasteiger partial charge in [-0.15, -0.1) is 10.2 Å². The van der Waals surface area contributed by atoms with Crippen molar-refractivity contribution in [3.8, 4) is 17.1 Å². The van der Waals surface area contributed by atoms with Crippen LogP contribution in [0.2, 0.25) is 0 Å². The monoisotopic (exact) mass is 341 g/mol. The Labute approximate surface area is 146 Å². The van der Waals surface area contributed by atoms with Crippen molar-refractivity contribution in [2.75, 3.05) is 18.4 Å². The highest BCUT2D eigenvalue weighted by atomic mass is 16.3. The number of piperidine rings is 1. The molecule has 2 heterocycles. The van der Waals surface area contributed by atoms with Crippen molar-refractivity contribution in [3.05, 3.63) is 33.6 Å². The van der Waals surface area contributed by atoms with Crippen molar-refractivity contribution >= 4 is 5.82 Å². The van der Waals surface area contributed by atoms with Crippen LogP contribution in [0.1, 0.15) is 30.4 Å². The molecule has 0 amide bonds. The second-order valence-corrected chi connectivity index (χ2v) is 6.88. The van der Waals surface area contributed by atoms with Gasteiger partial charge in [-0.25, -0.2) is 0 Å². The number of aromatic nitrogens is 3. The number of nitrogens with zero attached hydrogens (tertiary/aromatic N) is 3. The van der Waals surface area contributed by atoms with E-state index in [4.69, 9.17) is 0 Å². The summed E-state index contributed by atoms with van der Waals surface area (Å²) in [6, 6.07) is 4.04. The zero-order valence-electron chi connectivity index (χ0n) is 14.4. The van der Waals surface area contributed by atoms with Crippen LogP contribution >= 0.6 is 0 Å². The first kappa shape index (κ1) is 16.1. The molecule has 1 aromatic carbocycles. The topological polar surface area (TPSA) is 92.1 Å². The molecule has 1 aliphatic heterocycles. The smallest absolute Gasteiger partial charge is 0.296 e. The number of rotatable bonds is 3. The maximum atomic E-state index is 12.7. The summed E-state index contributed by atoms with van der Waals surface area (Å²) in [6.07, 6.45) is 4.99. The second kappa shape index (κ2) is 6.48. The second-order valence-electron chi connectivity index (χ2n) is 6.88. The van der Waals surface area contributed by atoms with Crippen molar-refractivity contribution < 1.29 is 5.11 Å². The van der Waals surface area contributed by atoms with Gasteiger partial charge in [-0.1, -0.05) is 6.07 Å². The highest BCUT2D eigenvalue weighted by Crippen LogP contribution is 2.37. The molecule has 0 spiro atoms. The van der Waals surface area contributed by atoms with E-state index in [9.17, 15) is 9.90 Å². The molecule has 1 saturated heterocycles. The quantitative estimate of drug-likeness (QED) is 0.777. The first-order valence-corrected chi connectivity index (χ1v) is 8.90. The predicted octanol–water partition coefficient (Wildman–Crippen LogP) is 1.20. The molecule has 1 fully saturated rings. The number of nitrogens with one attached hydrogen (secondary N) is 2. The molecule has 0 bridgehead atoms. The number of hydrogen-bond donors (Lipinski definition) is 3. The van der Waals surface area contributed by atoms with Gasteiger partial charge in [-0.2, -0.15) is 0 Å². The molecule has 2 aliphatic rings. The zero-order valence-corrected chi connectivity index (χ0v) is 14.4. The lowest BCUT2D eigenvalue weighted by atomic mass is 10.0. The van der Waals surface area contributed by atoms with Gasteiger partial charge in [0.25, 0.3) is 5.56 Å². The lowest BCUT2D eigenvalue weighted by molar-refractivity contribution is 0.469. The zero-order chi connectivity index (χ0) is 17.4. The van der Waals surface area contributed by atoms with Crippen LogP contribution in [-0.4, -0.2) is 39.0 Å². The van der Waals surface area contributed by atoms with Gasteiger partial charge in [-0.05, 0) is 55.8 Å². The number of aromatic hydroxyl groups is 1. The maximum Gasteiger partial charge on any atom is 0.296 e. The molecule has 0 unspecified atom stereocenters. The first-order chi connectivity index (χ1) is 12.1. The van der Waals surface area contributed by atoms with Crippen molar-refractivity contribution in [3.63, 3.8) is 0 Å². The Kier molecular flexibility index (Phi) is 4.17. The molecule has 0 saturated carbocycles. The van der Waals surface area contributed by atoms with Gasteiger partial charge in [0.05, 0.1) is 5.56 Å². The van der Waals surface area contributed by atoms with E-state index in [0.29, 0.717) is 11.4 Å². The standard InChI is InChI=1S/C18H23N5O2/c1-23-17(14-8-7-11-4-2-6-13(11)15(14)24)22-21-16(18(23)25)20-12-5-3-9-19-10-12/h7-8,12,19,24H,2-6,9-10H2,1H3,(H,20,21)/t12-/m1/s1. The van der Waals surface area contributed by atoms with E-state index >= 15 is 0 Å². The summed E-state index contributed by atoms with van der Waals surface area (Å²) in [5.74, 6) is 0.890. The minimum Gasteiger partial charge on any atom is -0.507 e. The summed E-state index contributed by atoms with van der Waals surface area (Å²) in [4.78, 5) is 12.7. The molecule has 0 radical (unpaired) electrons. The Balaban J connectivity index is 1.68. The number of phenolic OH excluding ortho intramolecular Hbond substituents is 1. The lowest BCUT2D eigenvalue weighted by Gasteiger charge is -2.24. The SMILES string of the molecule is Cn1c(-c2ccc3c(c2O)CCC3)nnc(N[C@@H]2CCCNC2)c1=O. The minimum absolute atomic E-state index is 0.190. The third kappa shape index (κ3) is 2.89. The van der Waals surface area contributed by atoms with Crippen molar-refractivity contribution in [2.24, 2.45) is 7.05 Å². The molecule has 132 valence electrons. The van der Waals surface area contributed by atoms with Crippen LogP contribution in [-0.2, 0) is 19.9 Å². The Bertz CT molecular complexity index is 855. The van der Waals surface area contributed by atoms with E-state index in [1.165, 1.54) is 10.1 Å². The normalized spacial score (nSPS) is 19.6. The molecule has 1 aliphatic carbocycles. The largest absolute Gasteiger partial charge is 0.507 e. The van der Waals surface area contributed by atoms with E-state index in [-0.39, 0.29) is 23.2 Å². The summed E-state index contributed by atoms with van der Waals surface area (Å²) >= 11 is 0. The molecule has 2 aromatic rings. The van der Waals surface area contributed by atoms with Crippen molar-refractivity contribution in [1.29, 1.82) is 0 Å². The molecule has 7 nitrogen and oxygen atoms in total. The molecular formula is C18H23N5O2. The summed E-state index contributed by atoms with van der Waals surface area (Å²) in [5.41, 5.74) is 2.50. The lowest BCUT2D eigenvalue weighted by Crippen LogP contribution is -2.40. The highest BCUT2D eigenvalue weighted by Gasteiger charge is 2.22. The summed E-state index contributed by atoms with van der Waals surface area (Å²) < 4.78 is 1.46. The van der Waals surface area contributed by atoms with Crippen LogP contribution in [0.15, 0.2) is 16.9 Å². The molecule has 25 heavy (non-hydrogen) atoms. The number of anilines is 1. The van der Waals surface area contributed by atoms with Gasteiger partial charge < -0.3 is 15.7 Å². The first-order valence-electron chi connectivity index (χ1n) is 8.90. The van der Waals surface area contributed by atoms with Crippen LogP contribution in [0.4, 0.5) is 5.82 Å². The van der Waals surface area contributed by atoms with Gasteiger partial charge in [0.15, 0.2) is 5.82 Å². The fraction of sp³-hybridized carbons (Fsp3) is 0.500. The summed E-state index contributed by atoms with van der Waals surface area (Å²) in [7, 11) is 1.67. The fourth-order valence-corrected chi connectivity index (χ4v) is 3.78. The van der Waals surface area contributed by atoms with Crippen LogP contribution < -0.4 is 16.2 Å². The van der Waals surface area contributed by atoms with Gasteiger partial charge >= 0.3 is 0 Å². The van der Waals surface area contributed by atoms with Crippen LogP contribution in [0.25, 0.3) is 11.4 Å². The van der Waals surface area contributed by atoms with E-state index in [2.05, 4.69) is 20.8 Å². The summed E-state index contributed by atoms with van der Waals surface area (Å²) in [6.45, 7) is 1.83. The van der Waals surface area contributed by atoms with Gasteiger partial charge in [0.2, 0.25) is 5.82 Å². The Morgan fingerprint density at radius 3 is 2.96 bits per heavy atom. The number of phenols is 1. The predicted molar refractivity (Wildman–Crippen MR) is 95.9 cm³/mol. The Morgan fingerprint density at radius 1 is 1.28 bits per heavy atom. The third-order valence-electron chi connectivity index (χ3n) is 5.20. The molecule has 7 heteroatoms. The molecule has 4 rings (SSSR count). The van der Waals surface area contributed by atoms with Crippen LogP contribution in [0.5, 0.6) is 5.75 Å². The molecule has 3 N–H and O–H groups in total. The van der Waals surface area contributed by atoms with Crippen molar-refractivity contribution in [1.82, 2.24) is 20.1 Å². The van der Waals surface area contributed by atoms with E-state index < -0.39 is 0 Å². The Morgan fingerprint density at radius 2 is 2.16 bits per heavy atom. The average Bonchev–Trinajstić information content (AvgIpc) is 3.11. The fourth-order valence-electron chi connectivity index (χ4n) is 3.78. The van der Waals surface area contributed by atoms with Gasteiger partial charge in [0.1, 0.15) is 5.75 Å². The number of hydrogen-bond acceptors (Lipinski definition) is 6. The Hall–Kier alpha value is -2.41. The maximum absolute atomic E-state index is 12.7. The van der Waals surface area contributed by atoms with E-state index in [1.807, 2.05) is 12.1 Å². The average molecular weight is 341 g/mol. The van der Waals surface area contributed by atoms with Crippen LogP contribution in [0, 0.1) is 0 Å². The van der Waals surface area contributed by atoms with Gasteiger partial charge in [-0.3, -0.25) is 9.36 Å². The van der Waals surface area contributed by atoms with Crippen LogP contribution in [0.3, 0.4) is 0 Å². The third-order valence-corrected chi connectivity index (χ3v) is 5.20. The van der Waals surface area contributed by atoms with Gasteiger partial charge in [0, 0.05) is 19.6 Å². The van der Waals surface area contributed by atoms with Crippen molar-refractivity contribution in [2.45, 2.75) is 38.1 Å². The molecule has 1 atom stereocenters. The number of aryl methyl sites for hydroxylation is 1. The summed E-state index contributed by atoms with van der Waals surface area (Å²) in [5, 5.41) is 25.4. The van der Waals surface area contributed by atoms with E-state index in [0.717, 1.165) is 50.8 Å². The number of benzene rings is 1. The van der Waals surface area contributed by atoms with E-state index in [1.54, 1.807) is 7.05 Å². The number of fused-ring (bicyclic) bond motifs is 1. The minimum atomic E-state index is -0.226. The molecule has 1 aromatic heterocycles. The highest BCUT2D eigenvalue weighted by molar-refractivity contribution is 5.68.